The Labute approximate surface area is 204 Å². The van der Waals surface area contributed by atoms with E-state index in [0.717, 1.165) is 5.56 Å². The zero-order chi connectivity index (χ0) is 24.8. The zero-order valence-electron chi connectivity index (χ0n) is 19.7. The van der Waals surface area contributed by atoms with Crippen LogP contribution in [0.4, 0.5) is 5.69 Å². The Morgan fingerprint density at radius 2 is 1.49 bits per heavy atom. The lowest BCUT2D eigenvalue weighted by Gasteiger charge is -2.30. The van der Waals surface area contributed by atoms with Crippen molar-refractivity contribution in [2.24, 2.45) is 10.5 Å². The third-order valence-corrected chi connectivity index (χ3v) is 6.03. The zero-order valence-corrected chi connectivity index (χ0v) is 19.7. The first kappa shape index (κ1) is 23.8. The van der Waals surface area contributed by atoms with Gasteiger partial charge in [0.15, 0.2) is 5.78 Å². The van der Waals surface area contributed by atoms with Crippen LogP contribution in [0.3, 0.4) is 0 Å². The molecule has 0 spiro atoms. The number of ether oxygens (including phenoxy) is 1. The minimum atomic E-state index is -1.51. The van der Waals surface area contributed by atoms with Crippen molar-refractivity contribution in [3.05, 3.63) is 114 Å². The third-order valence-electron chi connectivity index (χ3n) is 6.03. The first-order valence-corrected chi connectivity index (χ1v) is 11.4. The number of ketones is 1. The van der Waals surface area contributed by atoms with Crippen LogP contribution in [0.5, 0.6) is 0 Å². The highest BCUT2D eigenvalue weighted by Gasteiger charge is 2.55. The van der Waals surface area contributed by atoms with Crippen molar-refractivity contribution >= 4 is 29.1 Å². The number of carbonyl (C=O) groups excluding carboxylic acids is 3. The summed E-state index contributed by atoms with van der Waals surface area (Å²) in [5.41, 5.74) is 0.687. The first-order chi connectivity index (χ1) is 17.0. The SMILES string of the molecule is CCOC(=O)/C(=C\C(=O)c1ccccc1)C1(Cc2ccccc2)C(=O)N(c2ccccc2)N=C1C. The Balaban J connectivity index is 1.90. The highest BCUT2D eigenvalue weighted by Crippen LogP contribution is 2.42. The van der Waals surface area contributed by atoms with Crippen LogP contribution in [-0.2, 0) is 20.7 Å². The Morgan fingerprint density at radius 3 is 2.09 bits per heavy atom. The van der Waals surface area contributed by atoms with Gasteiger partial charge in [-0.3, -0.25) is 9.59 Å². The van der Waals surface area contributed by atoms with Crippen LogP contribution in [-0.4, -0.2) is 30.0 Å². The van der Waals surface area contributed by atoms with Crippen molar-refractivity contribution in [1.82, 2.24) is 0 Å². The van der Waals surface area contributed by atoms with Gasteiger partial charge in [0, 0.05) is 5.56 Å². The average molecular weight is 467 g/mol. The molecule has 0 saturated carbocycles. The number of carbonyl (C=O) groups is 3. The van der Waals surface area contributed by atoms with Crippen molar-refractivity contribution in [2.45, 2.75) is 20.3 Å². The monoisotopic (exact) mass is 466 g/mol. The number of hydrazone groups is 1. The number of nitrogens with zero attached hydrogens (tertiary/aromatic N) is 2. The summed E-state index contributed by atoms with van der Waals surface area (Å²) in [6.45, 7) is 3.50. The molecule has 0 bridgehead atoms. The maximum Gasteiger partial charge on any atom is 0.335 e. The summed E-state index contributed by atoms with van der Waals surface area (Å²) in [4.78, 5) is 40.8. The van der Waals surface area contributed by atoms with Gasteiger partial charge in [0.25, 0.3) is 5.91 Å². The smallest absolute Gasteiger partial charge is 0.335 e. The largest absolute Gasteiger partial charge is 0.463 e. The molecule has 3 aromatic carbocycles. The van der Waals surface area contributed by atoms with Crippen molar-refractivity contribution < 1.29 is 19.1 Å². The maximum atomic E-state index is 14.2. The lowest BCUT2D eigenvalue weighted by Crippen LogP contribution is -2.45. The van der Waals surface area contributed by atoms with E-state index >= 15 is 0 Å². The topological polar surface area (TPSA) is 76.0 Å². The molecular weight excluding hydrogens is 440 g/mol. The van der Waals surface area contributed by atoms with Crippen LogP contribution in [0.1, 0.15) is 29.8 Å². The Hall–Kier alpha value is -4.32. The molecule has 1 amide bonds. The number of allylic oxidation sites excluding steroid dienone is 1. The number of rotatable bonds is 8. The molecule has 1 unspecified atom stereocenters. The lowest BCUT2D eigenvalue weighted by molar-refractivity contribution is -0.141. The fourth-order valence-corrected chi connectivity index (χ4v) is 4.25. The Kier molecular flexibility index (Phi) is 7.01. The number of hydrogen-bond donors (Lipinski definition) is 0. The summed E-state index contributed by atoms with van der Waals surface area (Å²) in [5, 5.41) is 5.88. The van der Waals surface area contributed by atoms with Gasteiger partial charge in [0.05, 0.1) is 23.6 Å². The first-order valence-electron chi connectivity index (χ1n) is 11.4. The van der Waals surface area contributed by atoms with Gasteiger partial charge in [-0.25, -0.2) is 4.79 Å². The van der Waals surface area contributed by atoms with E-state index in [1.165, 1.54) is 11.1 Å². The molecule has 1 aliphatic rings. The van der Waals surface area contributed by atoms with Gasteiger partial charge >= 0.3 is 5.97 Å². The summed E-state index contributed by atoms with van der Waals surface area (Å²) in [6, 6.07) is 27.0. The van der Waals surface area contributed by atoms with Crippen molar-refractivity contribution in [2.75, 3.05) is 11.6 Å². The molecule has 0 fully saturated rings. The van der Waals surface area contributed by atoms with Gasteiger partial charge in [-0.15, -0.1) is 0 Å². The van der Waals surface area contributed by atoms with Gasteiger partial charge < -0.3 is 4.74 Å². The fourth-order valence-electron chi connectivity index (χ4n) is 4.25. The number of anilines is 1. The molecule has 6 nitrogen and oxygen atoms in total. The van der Waals surface area contributed by atoms with Crippen molar-refractivity contribution in [3.8, 4) is 0 Å². The second-order valence-electron chi connectivity index (χ2n) is 8.21. The molecule has 35 heavy (non-hydrogen) atoms. The van der Waals surface area contributed by atoms with E-state index in [2.05, 4.69) is 5.10 Å². The van der Waals surface area contributed by atoms with Crippen LogP contribution in [0.2, 0.25) is 0 Å². The molecule has 0 N–H and O–H groups in total. The second kappa shape index (κ2) is 10.3. The Bertz CT molecular complexity index is 1280. The normalized spacial score (nSPS) is 17.8. The number of benzene rings is 3. The summed E-state index contributed by atoms with van der Waals surface area (Å²) in [7, 11) is 0. The van der Waals surface area contributed by atoms with Crippen molar-refractivity contribution in [1.29, 1.82) is 0 Å². The molecule has 0 aromatic heterocycles. The third kappa shape index (κ3) is 4.68. The number of para-hydroxylation sites is 1. The molecule has 0 radical (unpaired) electrons. The average Bonchev–Trinajstić information content (AvgIpc) is 3.14. The van der Waals surface area contributed by atoms with Crippen molar-refractivity contribution in [3.63, 3.8) is 0 Å². The lowest BCUT2D eigenvalue weighted by atomic mass is 9.70. The van der Waals surface area contributed by atoms with E-state index in [9.17, 15) is 14.4 Å². The second-order valence-corrected chi connectivity index (χ2v) is 8.21. The number of amides is 1. The highest BCUT2D eigenvalue weighted by atomic mass is 16.5. The Morgan fingerprint density at radius 1 is 0.914 bits per heavy atom. The minimum Gasteiger partial charge on any atom is -0.463 e. The standard InChI is InChI=1S/C29H26N2O4/c1-3-35-27(33)25(19-26(32)23-15-9-5-10-16-23)29(20-22-13-7-4-8-14-22)21(2)30-31(28(29)34)24-17-11-6-12-18-24/h4-19H,3,20H2,1-2H3/b25-19+. The van der Waals surface area contributed by atoms with Crippen LogP contribution in [0.15, 0.2) is 108 Å². The molecule has 0 saturated heterocycles. The van der Waals surface area contributed by atoms with E-state index < -0.39 is 17.3 Å². The minimum absolute atomic E-state index is 0.0262. The maximum absolute atomic E-state index is 14.2. The van der Waals surface area contributed by atoms with E-state index in [0.29, 0.717) is 17.0 Å². The van der Waals surface area contributed by atoms with Crippen LogP contribution in [0.25, 0.3) is 0 Å². The summed E-state index contributed by atoms with van der Waals surface area (Å²) < 4.78 is 5.37. The number of hydrogen-bond acceptors (Lipinski definition) is 5. The van der Waals surface area contributed by atoms with Gasteiger partial charge in [0.2, 0.25) is 0 Å². The van der Waals surface area contributed by atoms with Gasteiger partial charge in [-0.2, -0.15) is 10.1 Å². The number of esters is 1. The molecule has 4 rings (SSSR count). The van der Waals surface area contributed by atoms with Gasteiger partial charge in [0.1, 0.15) is 5.41 Å². The van der Waals surface area contributed by atoms with E-state index in [1.807, 2.05) is 48.5 Å². The molecule has 1 aliphatic heterocycles. The van der Waals surface area contributed by atoms with Gasteiger partial charge in [-0.1, -0.05) is 78.9 Å². The van der Waals surface area contributed by atoms with Crippen LogP contribution in [0, 0.1) is 5.41 Å². The van der Waals surface area contributed by atoms with E-state index in [-0.39, 0.29) is 24.4 Å². The quantitative estimate of drug-likeness (QED) is 0.266. The molecule has 1 heterocycles. The predicted molar refractivity (Wildman–Crippen MR) is 135 cm³/mol. The molecular formula is C29H26N2O4. The summed E-state index contributed by atoms with van der Waals surface area (Å²) in [6.07, 6.45) is 1.39. The fraction of sp³-hybridized carbons (Fsp3) is 0.172. The molecule has 176 valence electrons. The van der Waals surface area contributed by atoms with E-state index in [4.69, 9.17) is 4.74 Å². The molecule has 6 heteroatoms. The molecule has 1 atom stereocenters. The predicted octanol–water partition coefficient (Wildman–Crippen LogP) is 5.01. The highest BCUT2D eigenvalue weighted by molar-refractivity contribution is 6.26. The summed E-state index contributed by atoms with van der Waals surface area (Å²) in [5.74, 6) is -1.52. The molecule has 0 aliphatic carbocycles. The van der Waals surface area contributed by atoms with Gasteiger partial charge in [-0.05, 0) is 44.0 Å². The van der Waals surface area contributed by atoms with Crippen LogP contribution >= 0.6 is 0 Å². The summed E-state index contributed by atoms with van der Waals surface area (Å²) >= 11 is 0. The molecule has 3 aromatic rings. The van der Waals surface area contributed by atoms with Crippen LogP contribution < -0.4 is 5.01 Å². The van der Waals surface area contributed by atoms with E-state index in [1.54, 1.807) is 56.3 Å².